The Morgan fingerprint density at radius 2 is 1.83 bits per heavy atom. The molecule has 0 bridgehead atoms. The fourth-order valence-electron chi connectivity index (χ4n) is 3.81. The number of nitro benzene ring substituents is 1. The van der Waals surface area contributed by atoms with Crippen molar-refractivity contribution >= 4 is 28.7 Å². The normalized spacial score (nSPS) is 12.3. The summed E-state index contributed by atoms with van der Waals surface area (Å²) in [4.78, 5) is 29.1. The highest BCUT2D eigenvalue weighted by Gasteiger charge is 2.18. The first-order valence-electron chi connectivity index (χ1n) is 10.5. The van der Waals surface area contributed by atoms with Crippen molar-refractivity contribution in [2.75, 3.05) is 21.0 Å². The van der Waals surface area contributed by atoms with E-state index in [4.69, 9.17) is 18.9 Å². The number of hydrogen-bond donors (Lipinski definition) is 0. The maximum Gasteiger partial charge on any atom is 0.270 e. The van der Waals surface area contributed by atoms with Crippen molar-refractivity contribution in [1.29, 1.82) is 0 Å². The maximum atomic E-state index is 13.7. The predicted octanol–water partition coefficient (Wildman–Crippen LogP) is 4.21. The highest BCUT2D eigenvalue weighted by Crippen LogP contribution is 2.33. The summed E-state index contributed by atoms with van der Waals surface area (Å²) in [6, 6.07) is 14.5. The third kappa shape index (κ3) is 4.01. The summed E-state index contributed by atoms with van der Waals surface area (Å²) < 4.78 is 23.0. The molecule has 4 aromatic rings. The molecule has 0 saturated carbocycles. The number of ether oxygens (including phenoxy) is 4. The van der Waals surface area contributed by atoms with Gasteiger partial charge >= 0.3 is 0 Å². The summed E-state index contributed by atoms with van der Waals surface area (Å²) in [7, 11) is 2.99. The number of rotatable bonds is 6. The van der Waals surface area contributed by atoms with Crippen LogP contribution < -0.4 is 24.5 Å². The minimum atomic E-state index is -0.553. The Hall–Kier alpha value is -4.86. The fourth-order valence-corrected chi connectivity index (χ4v) is 3.81. The van der Waals surface area contributed by atoms with Gasteiger partial charge in [-0.2, -0.15) is 0 Å². The van der Waals surface area contributed by atoms with E-state index in [2.05, 4.69) is 4.98 Å². The number of benzene rings is 3. The molecule has 10 nitrogen and oxygen atoms in total. The zero-order valence-electron chi connectivity index (χ0n) is 18.8. The molecule has 1 aliphatic rings. The van der Waals surface area contributed by atoms with E-state index in [1.54, 1.807) is 36.4 Å². The first-order chi connectivity index (χ1) is 17.0. The highest BCUT2D eigenvalue weighted by molar-refractivity contribution is 5.82. The molecular formula is C25H19N3O7. The first kappa shape index (κ1) is 22.0. The van der Waals surface area contributed by atoms with Crippen molar-refractivity contribution in [2.45, 2.75) is 0 Å². The Morgan fingerprint density at radius 3 is 2.60 bits per heavy atom. The van der Waals surface area contributed by atoms with E-state index in [1.165, 1.54) is 37.0 Å². The number of nitrogens with zero attached hydrogens (tertiary/aromatic N) is 3. The summed E-state index contributed by atoms with van der Waals surface area (Å²) in [6.45, 7) is 0.163. The van der Waals surface area contributed by atoms with Gasteiger partial charge in [-0.25, -0.2) is 4.98 Å². The molecule has 2 heterocycles. The molecule has 3 aromatic carbocycles. The third-order valence-corrected chi connectivity index (χ3v) is 5.54. The number of non-ortho nitro benzene ring substituents is 1. The molecule has 35 heavy (non-hydrogen) atoms. The molecule has 0 N–H and O–H groups in total. The topological polar surface area (TPSA) is 115 Å². The van der Waals surface area contributed by atoms with E-state index in [9.17, 15) is 14.9 Å². The maximum absolute atomic E-state index is 13.7. The first-order valence-corrected chi connectivity index (χ1v) is 10.5. The average molecular weight is 473 g/mol. The molecule has 5 rings (SSSR count). The van der Waals surface area contributed by atoms with Gasteiger partial charge in [-0.15, -0.1) is 0 Å². The second kappa shape index (κ2) is 8.82. The van der Waals surface area contributed by atoms with E-state index in [0.29, 0.717) is 40.0 Å². The lowest BCUT2D eigenvalue weighted by atomic mass is 10.1. The van der Waals surface area contributed by atoms with Crippen LogP contribution >= 0.6 is 0 Å². The molecule has 0 atom stereocenters. The van der Waals surface area contributed by atoms with E-state index < -0.39 is 10.5 Å². The van der Waals surface area contributed by atoms with Crippen molar-refractivity contribution in [3.8, 4) is 28.7 Å². The lowest BCUT2D eigenvalue weighted by molar-refractivity contribution is -0.384. The standard InChI is InChI=1S/C25H19N3O7/c1-32-17-6-9-21(33-2)20(13-17)27-24(10-4-15-3-8-22-23(11-15)35-14-34-22)26-19-7-5-16(28(30)31)12-18(19)25(27)29/h3-13H,14H2,1-2H3/b10-4+. The summed E-state index contributed by atoms with van der Waals surface area (Å²) in [5.41, 5.74) is 0.809. The van der Waals surface area contributed by atoms with Gasteiger partial charge in [0.15, 0.2) is 11.5 Å². The van der Waals surface area contributed by atoms with Crippen LogP contribution in [0.5, 0.6) is 23.0 Å². The molecule has 0 amide bonds. The molecule has 10 heteroatoms. The molecular weight excluding hydrogens is 454 g/mol. The van der Waals surface area contributed by atoms with E-state index in [1.807, 2.05) is 12.1 Å². The monoisotopic (exact) mass is 473 g/mol. The molecule has 0 fully saturated rings. The van der Waals surface area contributed by atoms with Gasteiger partial charge in [0.2, 0.25) is 6.79 Å². The minimum Gasteiger partial charge on any atom is -0.497 e. The summed E-state index contributed by atoms with van der Waals surface area (Å²) >= 11 is 0. The Labute approximate surface area is 198 Å². The van der Waals surface area contributed by atoms with Gasteiger partial charge in [0.05, 0.1) is 35.7 Å². The summed E-state index contributed by atoms with van der Waals surface area (Å²) in [6.07, 6.45) is 3.46. The smallest absolute Gasteiger partial charge is 0.270 e. The zero-order valence-corrected chi connectivity index (χ0v) is 18.8. The fraction of sp³-hybridized carbons (Fsp3) is 0.120. The van der Waals surface area contributed by atoms with Crippen molar-refractivity contribution < 1.29 is 23.9 Å². The van der Waals surface area contributed by atoms with Crippen LogP contribution in [0.25, 0.3) is 28.7 Å². The third-order valence-electron chi connectivity index (χ3n) is 5.54. The molecule has 0 saturated heterocycles. The number of hydrogen-bond acceptors (Lipinski definition) is 8. The van der Waals surface area contributed by atoms with Crippen molar-refractivity contribution in [1.82, 2.24) is 9.55 Å². The minimum absolute atomic E-state index is 0.101. The molecule has 0 aliphatic carbocycles. The Balaban J connectivity index is 1.74. The number of aromatic nitrogens is 2. The van der Waals surface area contributed by atoms with Crippen molar-refractivity contribution in [3.05, 3.63) is 86.5 Å². The number of methoxy groups -OCH3 is 2. The van der Waals surface area contributed by atoms with Gasteiger partial charge in [0, 0.05) is 18.2 Å². The van der Waals surface area contributed by atoms with Crippen LogP contribution in [-0.4, -0.2) is 35.5 Å². The second-order valence-corrected chi connectivity index (χ2v) is 7.55. The van der Waals surface area contributed by atoms with Crippen LogP contribution in [0, 0.1) is 10.1 Å². The van der Waals surface area contributed by atoms with Gasteiger partial charge in [-0.1, -0.05) is 12.1 Å². The molecule has 1 aromatic heterocycles. The van der Waals surface area contributed by atoms with Gasteiger partial charge in [0.1, 0.15) is 17.3 Å². The van der Waals surface area contributed by atoms with Crippen molar-refractivity contribution in [3.63, 3.8) is 0 Å². The number of nitro groups is 1. The molecule has 0 spiro atoms. The largest absolute Gasteiger partial charge is 0.497 e. The van der Waals surface area contributed by atoms with Crippen LogP contribution in [0.4, 0.5) is 5.69 Å². The van der Waals surface area contributed by atoms with Crippen LogP contribution in [0.15, 0.2) is 59.4 Å². The predicted molar refractivity (Wildman–Crippen MR) is 129 cm³/mol. The highest BCUT2D eigenvalue weighted by atomic mass is 16.7. The Kier molecular flexibility index (Phi) is 5.54. The van der Waals surface area contributed by atoms with Crippen molar-refractivity contribution in [2.24, 2.45) is 0 Å². The number of fused-ring (bicyclic) bond motifs is 2. The van der Waals surface area contributed by atoms with Gasteiger partial charge < -0.3 is 18.9 Å². The SMILES string of the molecule is COc1ccc(OC)c(-n2c(/C=C/c3ccc4c(c3)OCO4)nc3ccc([N+](=O)[O-])cc3c2=O)c1. The molecule has 0 radical (unpaired) electrons. The average Bonchev–Trinajstić information content (AvgIpc) is 3.35. The van der Waals surface area contributed by atoms with Crippen LogP contribution in [0.3, 0.4) is 0 Å². The quantitative estimate of drug-likeness (QED) is 0.302. The summed E-state index contributed by atoms with van der Waals surface area (Å²) in [5, 5.41) is 11.4. The lowest BCUT2D eigenvalue weighted by Crippen LogP contribution is -2.23. The Bertz CT molecular complexity index is 1560. The van der Waals surface area contributed by atoms with E-state index in [-0.39, 0.29) is 17.9 Å². The van der Waals surface area contributed by atoms with Gasteiger partial charge in [0.25, 0.3) is 11.2 Å². The van der Waals surface area contributed by atoms with Gasteiger partial charge in [-0.3, -0.25) is 19.5 Å². The van der Waals surface area contributed by atoms with Crippen LogP contribution in [-0.2, 0) is 0 Å². The van der Waals surface area contributed by atoms with Crippen LogP contribution in [0.2, 0.25) is 0 Å². The van der Waals surface area contributed by atoms with E-state index >= 15 is 0 Å². The molecule has 1 aliphatic heterocycles. The second-order valence-electron chi connectivity index (χ2n) is 7.55. The van der Waals surface area contributed by atoms with Crippen LogP contribution in [0.1, 0.15) is 11.4 Å². The Morgan fingerprint density at radius 1 is 1.00 bits per heavy atom. The van der Waals surface area contributed by atoms with E-state index in [0.717, 1.165) is 5.56 Å². The lowest BCUT2D eigenvalue weighted by Gasteiger charge is -2.15. The molecule has 0 unspecified atom stereocenters. The zero-order chi connectivity index (χ0) is 24.5. The van der Waals surface area contributed by atoms with Gasteiger partial charge in [-0.05, 0) is 42.0 Å². The summed E-state index contributed by atoms with van der Waals surface area (Å²) in [5.74, 6) is 2.47. The molecule has 176 valence electrons.